The highest BCUT2D eigenvalue weighted by atomic mass is 32.2. The van der Waals surface area contributed by atoms with Crippen molar-refractivity contribution in [1.29, 1.82) is 0 Å². The molecule has 3 N–H and O–H groups in total. The van der Waals surface area contributed by atoms with Gasteiger partial charge in [0.1, 0.15) is 6.04 Å². The van der Waals surface area contributed by atoms with Gasteiger partial charge in [-0.25, -0.2) is 13.2 Å². The fraction of sp³-hybridized carbons (Fsp3) is 0.429. The van der Waals surface area contributed by atoms with Crippen molar-refractivity contribution in [3.8, 4) is 0 Å². The van der Waals surface area contributed by atoms with Gasteiger partial charge in [0.05, 0.1) is 17.6 Å². The zero-order valence-corrected chi connectivity index (χ0v) is 13.7. The molecule has 0 saturated heterocycles. The quantitative estimate of drug-likeness (QED) is 0.741. The molecule has 0 saturated carbocycles. The van der Waals surface area contributed by atoms with E-state index in [1.807, 2.05) is 0 Å². The minimum Gasteiger partial charge on any atom is -0.465 e. The first-order valence-corrected chi connectivity index (χ1v) is 8.09. The summed E-state index contributed by atoms with van der Waals surface area (Å²) in [6.45, 7) is 4.85. The number of amides is 1. The smallest absolute Gasteiger partial charge is 0.338 e. The van der Waals surface area contributed by atoms with Crippen LogP contribution in [0.3, 0.4) is 0 Å². The Hall–Kier alpha value is -1.93. The number of sulfonamides is 1. The summed E-state index contributed by atoms with van der Waals surface area (Å²) in [6.07, 6.45) is 0. The van der Waals surface area contributed by atoms with Gasteiger partial charge in [-0.15, -0.1) is 0 Å². The van der Waals surface area contributed by atoms with Crippen molar-refractivity contribution in [1.82, 2.24) is 4.72 Å². The van der Waals surface area contributed by atoms with Crippen molar-refractivity contribution in [2.75, 3.05) is 7.11 Å². The second-order valence-electron chi connectivity index (χ2n) is 5.17. The molecule has 8 heteroatoms. The fourth-order valence-electron chi connectivity index (χ4n) is 1.99. The highest BCUT2D eigenvalue weighted by molar-refractivity contribution is 7.89. The number of rotatable bonds is 6. The van der Waals surface area contributed by atoms with Crippen LogP contribution in [0, 0.1) is 12.8 Å². The van der Waals surface area contributed by atoms with Gasteiger partial charge < -0.3 is 10.5 Å². The van der Waals surface area contributed by atoms with E-state index in [2.05, 4.69) is 9.46 Å². The number of hydrogen-bond acceptors (Lipinski definition) is 5. The molecular formula is C14H20N2O5S. The van der Waals surface area contributed by atoms with Crippen LogP contribution in [0.4, 0.5) is 0 Å². The maximum absolute atomic E-state index is 12.5. The molecule has 1 amide bonds. The number of primary amides is 1. The van der Waals surface area contributed by atoms with Gasteiger partial charge in [0, 0.05) is 0 Å². The van der Waals surface area contributed by atoms with Crippen LogP contribution in [0.2, 0.25) is 0 Å². The summed E-state index contributed by atoms with van der Waals surface area (Å²) in [7, 11) is -2.79. The Morgan fingerprint density at radius 2 is 1.86 bits per heavy atom. The molecule has 0 aliphatic heterocycles. The number of nitrogens with one attached hydrogen (secondary N) is 1. The Morgan fingerprint density at radius 1 is 1.27 bits per heavy atom. The Bertz CT molecular complexity index is 682. The largest absolute Gasteiger partial charge is 0.465 e. The van der Waals surface area contributed by atoms with Crippen LogP contribution in [0.15, 0.2) is 23.1 Å². The Morgan fingerprint density at radius 3 is 2.32 bits per heavy atom. The van der Waals surface area contributed by atoms with E-state index >= 15 is 0 Å². The first-order valence-electron chi connectivity index (χ1n) is 6.61. The van der Waals surface area contributed by atoms with Crippen molar-refractivity contribution >= 4 is 21.9 Å². The maximum Gasteiger partial charge on any atom is 0.338 e. The van der Waals surface area contributed by atoms with Crippen molar-refractivity contribution in [2.45, 2.75) is 31.7 Å². The average molecular weight is 328 g/mol. The summed E-state index contributed by atoms with van der Waals surface area (Å²) < 4.78 is 31.8. The molecule has 1 aromatic carbocycles. The SMILES string of the molecule is COC(=O)c1cccc(S(=O)(=O)N[C@@H](C(N)=O)C(C)C)c1C. The van der Waals surface area contributed by atoms with Gasteiger partial charge in [0.2, 0.25) is 15.9 Å². The number of hydrogen-bond donors (Lipinski definition) is 2. The van der Waals surface area contributed by atoms with E-state index in [-0.39, 0.29) is 21.9 Å². The standard InChI is InChI=1S/C14H20N2O5S/c1-8(2)12(13(15)17)16-22(19,20)11-7-5-6-10(9(11)3)14(18)21-4/h5-8,12,16H,1-4H3,(H2,15,17)/t12-/m1/s1. The van der Waals surface area contributed by atoms with Crippen molar-refractivity contribution < 1.29 is 22.7 Å². The lowest BCUT2D eigenvalue weighted by atomic mass is 10.1. The van der Waals surface area contributed by atoms with E-state index in [4.69, 9.17) is 5.73 Å². The molecule has 7 nitrogen and oxygen atoms in total. The minimum atomic E-state index is -4.00. The predicted molar refractivity (Wildman–Crippen MR) is 80.7 cm³/mol. The highest BCUT2D eigenvalue weighted by Crippen LogP contribution is 2.20. The van der Waals surface area contributed by atoms with Crippen LogP contribution < -0.4 is 10.5 Å². The molecule has 0 aliphatic carbocycles. The molecule has 0 fully saturated rings. The molecular weight excluding hydrogens is 308 g/mol. The number of ether oxygens (including phenoxy) is 1. The predicted octanol–water partition coefficient (Wildman–Crippen LogP) is 0.570. The molecule has 0 spiro atoms. The third-order valence-corrected chi connectivity index (χ3v) is 4.82. The first kappa shape index (κ1) is 18.1. The molecule has 122 valence electrons. The number of benzene rings is 1. The van der Waals surface area contributed by atoms with Crippen LogP contribution in [0.25, 0.3) is 0 Å². The van der Waals surface area contributed by atoms with E-state index in [1.165, 1.54) is 32.2 Å². The summed E-state index contributed by atoms with van der Waals surface area (Å²) in [4.78, 5) is 22.9. The van der Waals surface area contributed by atoms with E-state index in [9.17, 15) is 18.0 Å². The van der Waals surface area contributed by atoms with Crippen LogP contribution in [0.1, 0.15) is 29.8 Å². The molecule has 0 unspecified atom stereocenters. The zero-order valence-electron chi connectivity index (χ0n) is 12.9. The van der Waals surface area contributed by atoms with Gasteiger partial charge in [-0.3, -0.25) is 4.79 Å². The number of carbonyl (C=O) groups excluding carboxylic acids is 2. The van der Waals surface area contributed by atoms with Crippen molar-refractivity contribution in [3.05, 3.63) is 29.3 Å². The van der Waals surface area contributed by atoms with Gasteiger partial charge in [0.25, 0.3) is 0 Å². The van der Waals surface area contributed by atoms with E-state index in [0.29, 0.717) is 0 Å². The molecule has 0 bridgehead atoms. The second kappa shape index (κ2) is 6.89. The minimum absolute atomic E-state index is 0.0951. The lowest BCUT2D eigenvalue weighted by molar-refractivity contribution is -0.120. The monoisotopic (exact) mass is 328 g/mol. The van der Waals surface area contributed by atoms with Gasteiger partial charge in [0.15, 0.2) is 0 Å². The number of nitrogens with two attached hydrogens (primary N) is 1. The fourth-order valence-corrected chi connectivity index (χ4v) is 3.61. The highest BCUT2D eigenvalue weighted by Gasteiger charge is 2.28. The van der Waals surface area contributed by atoms with Crippen molar-refractivity contribution in [3.63, 3.8) is 0 Å². The summed E-state index contributed by atoms with van der Waals surface area (Å²) in [6, 6.07) is 3.21. The van der Waals surface area contributed by atoms with Gasteiger partial charge in [-0.1, -0.05) is 19.9 Å². The number of carbonyl (C=O) groups is 2. The molecule has 22 heavy (non-hydrogen) atoms. The summed E-state index contributed by atoms with van der Waals surface area (Å²) in [5.74, 6) is -1.71. The molecule has 1 rings (SSSR count). The van der Waals surface area contributed by atoms with E-state index < -0.39 is 27.9 Å². The van der Waals surface area contributed by atoms with E-state index in [0.717, 1.165) is 0 Å². The summed E-state index contributed by atoms with van der Waals surface area (Å²) in [5, 5.41) is 0. The lowest BCUT2D eigenvalue weighted by Crippen LogP contribution is -2.47. The molecule has 0 aromatic heterocycles. The van der Waals surface area contributed by atoms with Gasteiger partial charge >= 0.3 is 5.97 Å². The molecule has 1 aromatic rings. The van der Waals surface area contributed by atoms with Crippen molar-refractivity contribution in [2.24, 2.45) is 11.7 Å². The Labute approximate surface area is 129 Å². The Balaban J connectivity index is 3.29. The number of esters is 1. The normalized spacial score (nSPS) is 13.0. The molecule has 1 atom stereocenters. The average Bonchev–Trinajstić information content (AvgIpc) is 2.43. The third-order valence-electron chi connectivity index (χ3n) is 3.23. The molecule has 0 aliphatic rings. The molecule has 0 radical (unpaired) electrons. The molecule has 0 heterocycles. The summed E-state index contributed by atoms with van der Waals surface area (Å²) >= 11 is 0. The topological polar surface area (TPSA) is 116 Å². The van der Waals surface area contributed by atoms with E-state index in [1.54, 1.807) is 13.8 Å². The first-order chi connectivity index (χ1) is 10.1. The lowest BCUT2D eigenvalue weighted by Gasteiger charge is -2.20. The van der Waals surface area contributed by atoms with Crippen LogP contribution in [-0.4, -0.2) is 33.4 Å². The zero-order chi connectivity index (χ0) is 17.1. The Kier molecular flexibility index (Phi) is 5.67. The third kappa shape index (κ3) is 3.83. The second-order valence-corrected chi connectivity index (χ2v) is 6.85. The maximum atomic E-state index is 12.5. The van der Waals surface area contributed by atoms with Crippen LogP contribution in [0.5, 0.6) is 0 Å². The van der Waals surface area contributed by atoms with Gasteiger partial charge in [-0.2, -0.15) is 4.72 Å². The van der Waals surface area contributed by atoms with Crippen LogP contribution >= 0.6 is 0 Å². The number of methoxy groups -OCH3 is 1. The van der Waals surface area contributed by atoms with Gasteiger partial charge in [-0.05, 0) is 30.5 Å². The summed E-state index contributed by atoms with van der Waals surface area (Å²) in [5.41, 5.74) is 5.61. The van der Waals surface area contributed by atoms with Crippen LogP contribution in [-0.2, 0) is 19.6 Å².